The Kier molecular flexibility index (Phi) is 3.19. The van der Waals surface area contributed by atoms with Gasteiger partial charge in [-0.1, -0.05) is 18.2 Å². The van der Waals surface area contributed by atoms with Gasteiger partial charge in [0, 0.05) is 6.42 Å². The van der Waals surface area contributed by atoms with Gasteiger partial charge >= 0.3 is 18.0 Å². The molecule has 0 atom stereocenters. The minimum Gasteiger partial charge on any atom is -0.409 e. The van der Waals surface area contributed by atoms with Crippen molar-refractivity contribution in [3.8, 4) is 5.75 Å². The van der Waals surface area contributed by atoms with Gasteiger partial charge in [0.15, 0.2) is 0 Å². The van der Waals surface area contributed by atoms with E-state index in [4.69, 9.17) is 4.74 Å². The summed E-state index contributed by atoms with van der Waals surface area (Å²) in [6, 6.07) is 8.51. The van der Waals surface area contributed by atoms with Gasteiger partial charge in [0.2, 0.25) is 0 Å². The van der Waals surface area contributed by atoms with Crippen molar-refractivity contribution >= 4 is 23.7 Å². The number of hydrogen-bond donors (Lipinski definition) is 0. The van der Waals surface area contributed by atoms with Gasteiger partial charge in [-0.3, -0.25) is 0 Å². The number of carbonyl (C=O) groups excluding carboxylic acids is 3. The molecule has 0 saturated heterocycles. The molecular formula is C15H9NO5. The van der Waals surface area contributed by atoms with Gasteiger partial charge < -0.3 is 9.47 Å². The van der Waals surface area contributed by atoms with Crippen LogP contribution in [0.4, 0.5) is 4.79 Å². The second kappa shape index (κ2) is 5.16. The van der Waals surface area contributed by atoms with E-state index in [0.717, 1.165) is 0 Å². The number of para-hydroxylation sites is 1. The lowest BCUT2D eigenvalue weighted by Crippen LogP contribution is -2.11. The molecule has 3 rings (SSSR count). The average molecular weight is 283 g/mol. The summed E-state index contributed by atoms with van der Waals surface area (Å²) >= 11 is 0. The molecule has 0 spiro atoms. The van der Waals surface area contributed by atoms with Crippen LogP contribution < -0.4 is 4.74 Å². The molecule has 2 aliphatic rings. The number of ether oxygens (including phenoxy) is 2. The predicted octanol–water partition coefficient (Wildman–Crippen LogP) is 1.97. The first kappa shape index (κ1) is 13.0. The maximum atomic E-state index is 11.7. The first-order valence-corrected chi connectivity index (χ1v) is 6.15. The zero-order chi connectivity index (χ0) is 14.8. The van der Waals surface area contributed by atoms with Crippen molar-refractivity contribution in [3.05, 3.63) is 53.6 Å². The number of hydrogen-bond acceptors (Lipinski definition) is 5. The van der Waals surface area contributed by atoms with Crippen LogP contribution in [0.3, 0.4) is 0 Å². The molecule has 1 aromatic rings. The van der Waals surface area contributed by atoms with Crippen LogP contribution in [0.25, 0.3) is 0 Å². The zero-order valence-corrected chi connectivity index (χ0v) is 10.7. The van der Waals surface area contributed by atoms with E-state index in [2.05, 4.69) is 9.73 Å². The SMILES string of the molecule is O=C(N=C1C=CC2=C(C1)C(=O)OC2=O)Oc1ccccc1. The second-order valence-electron chi connectivity index (χ2n) is 4.36. The van der Waals surface area contributed by atoms with Gasteiger partial charge in [0.05, 0.1) is 16.9 Å². The highest BCUT2D eigenvalue weighted by molar-refractivity contribution is 6.20. The number of carbonyl (C=O) groups is 3. The van der Waals surface area contributed by atoms with Crippen LogP contribution in [0.5, 0.6) is 5.75 Å². The van der Waals surface area contributed by atoms with E-state index >= 15 is 0 Å². The van der Waals surface area contributed by atoms with E-state index in [9.17, 15) is 14.4 Å². The molecule has 1 amide bonds. The molecule has 1 heterocycles. The number of amides is 1. The van der Waals surface area contributed by atoms with Crippen LogP contribution in [0.2, 0.25) is 0 Å². The van der Waals surface area contributed by atoms with E-state index < -0.39 is 18.0 Å². The standard InChI is InChI=1S/C15H9NO5/c17-13-11-7-6-9(8-12(11)14(18)21-13)16-15(19)20-10-4-2-1-3-5-10/h1-7H,8H2. The second-order valence-corrected chi connectivity index (χ2v) is 4.36. The summed E-state index contributed by atoms with van der Waals surface area (Å²) in [6.07, 6.45) is 2.19. The summed E-state index contributed by atoms with van der Waals surface area (Å²) in [5.41, 5.74) is 0.769. The molecule has 0 saturated carbocycles. The largest absolute Gasteiger partial charge is 0.439 e. The van der Waals surface area contributed by atoms with Crippen molar-refractivity contribution in [1.82, 2.24) is 0 Å². The van der Waals surface area contributed by atoms with Crippen LogP contribution in [-0.2, 0) is 14.3 Å². The Bertz CT molecular complexity index is 728. The molecule has 104 valence electrons. The maximum Gasteiger partial charge on any atom is 0.439 e. The summed E-state index contributed by atoms with van der Waals surface area (Å²) < 4.78 is 9.50. The smallest absolute Gasteiger partial charge is 0.409 e. The molecule has 0 bridgehead atoms. The van der Waals surface area contributed by atoms with E-state index in [1.807, 2.05) is 0 Å². The molecule has 1 aliphatic carbocycles. The zero-order valence-electron chi connectivity index (χ0n) is 10.7. The third kappa shape index (κ3) is 2.64. The first-order chi connectivity index (χ1) is 10.1. The van der Waals surface area contributed by atoms with Crippen molar-refractivity contribution in [3.63, 3.8) is 0 Å². The third-order valence-corrected chi connectivity index (χ3v) is 2.96. The van der Waals surface area contributed by atoms with Crippen LogP contribution in [-0.4, -0.2) is 23.7 Å². The van der Waals surface area contributed by atoms with Gasteiger partial charge in [-0.05, 0) is 24.3 Å². The first-order valence-electron chi connectivity index (χ1n) is 6.15. The van der Waals surface area contributed by atoms with Crippen molar-refractivity contribution in [2.45, 2.75) is 6.42 Å². The van der Waals surface area contributed by atoms with Gasteiger partial charge in [-0.2, -0.15) is 4.99 Å². The minimum atomic E-state index is -0.789. The Morgan fingerprint density at radius 2 is 1.86 bits per heavy atom. The lowest BCUT2D eigenvalue weighted by Gasteiger charge is -2.06. The van der Waals surface area contributed by atoms with Crippen LogP contribution in [0.1, 0.15) is 6.42 Å². The van der Waals surface area contributed by atoms with E-state index in [-0.39, 0.29) is 17.6 Å². The number of nitrogens with zero attached hydrogens (tertiary/aromatic N) is 1. The molecule has 0 aromatic heterocycles. The number of aliphatic imine (C=N–C) groups is 1. The highest BCUT2D eigenvalue weighted by atomic mass is 16.6. The van der Waals surface area contributed by atoms with Gasteiger partial charge in [0.1, 0.15) is 5.75 Å². The van der Waals surface area contributed by atoms with Crippen molar-refractivity contribution in [2.24, 2.45) is 4.99 Å². The topological polar surface area (TPSA) is 82.0 Å². The molecule has 6 nitrogen and oxygen atoms in total. The lowest BCUT2D eigenvalue weighted by molar-refractivity contribution is -0.150. The van der Waals surface area contributed by atoms with Gasteiger partial charge in [-0.25, -0.2) is 14.4 Å². The number of rotatable bonds is 1. The molecule has 1 aromatic carbocycles. The van der Waals surface area contributed by atoms with Crippen molar-refractivity contribution in [2.75, 3.05) is 0 Å². The Morgan fingerprint density at radius 1 is 1.10 bits per heavy atom. The molecule has 0 fully saturated rings. The number of esters is 2. The molecule has 21 heavy (non-hydrogen) atoms. The van der Waals surface area contributed by atoms with E-state index in [1.54, 1.807) is 30.3 Å². The van der Waals surface area contributed by atoms with E-state index in [1.165, 1.54) is 12.2 Å². The molecule has 0 N–H and O–H groups in total. The molecule has 0 radical (unpaired) electrons. The maximum absolute atomic E-state index is 11.7. The summed E-state index contributed by atoms with van der Waals surface area (Å²) in [6.45, 7) is 0. The van der Waals surface area contributed by atoms with Crippen LogP contribution in [0.15, 0.2) is 58.6 Å². The third-order valence-electron chi connectivity index (χ3n) is 2.96. The quantitative estimate of drug-likeness (QED) is 0.581. The van der Waals surface area contributed by atoms with Gasteiger partial charge in [0.25, 0.3) is 0 Å². The highest BCUT2D eigenvalue weighted by Gasteiger charge is 2.33. The van der Waals surface area contributed by atoms with Crippen LogP contribution in [0, 0.1) is 0 Å². The molecule has 6 heteroatoms. The van der Waals surface area contributed by atoms with Crippen molar-refractivity contribution < 1.29 is 23.9 Å². The Hall–Kier alpha value is -3.02. The van der Waals surface area contributed by atoms with E-state index in [0.29, 0.717) is 11.5 Å². The fourth-order valence-corrected chi connectivity index (χ4v) is 2.00. The fourth-order valence-electron chi connectivity index (χ4n) is 2.00. The van der Waals surface area contributed by atoms with Crippen LogP contribution >= 0.6 is 0 Å². The van der Waals surface area contributed by atoms with Gasteiger partial charge in [-0.15, -0.1) is 0 Å². The fraction of sp³-hybridized carbons (Fsp3) is 0.0667. The average Bonchev–Trinajstić information content (AvgIpc) is 2.74. The van der Waals surface area contributed by atoms with Crippen molar-refractivity contribution in [1.29, 1.82) is 0 Å². The summed E-state index contributed by atoms with van der Waals surface area (Å²) in [7, 11) is 0. The Labute approximate surface area is 119 Å². The molecular weight excluding hydrogens is 274 g/mol. The Balaban J connectivity index is 1.73. The number of benzene rings is 1. The summed E-state index contributed by atoms with van der Waals surface area (Å²) in [5, 5.41) is 0. The summed E-state index contributed by atoms with van der Waals surface area (Å²) in [5.74, 6) is -0.984. The Morgan fingerprint density at radius 3 is 2.62 bits per heavy atom. The highest BCUT2D eigenvalue weighted by Crippen LogP contribution is 2.26. The molecule has 0 unspecified atom stereocenters. The normalized spacial score (nSPS) is 18.8. The summed E-state index contributed by atoms with van der Waals surface area (Å²) in [4.78, 5) is 38.2. The number of allylic oxidation sites excluding steroid dienone is 1. The predicted molar refractivity (Wildman–Crippen MR) is 71.8 cm³/mol. The number of cyclic esters (lactones) is 2. The molecule has 1 aliphatic heterocycles. The minimum absolute atomic E-state index is 0.0697. The lowest BCUT2D eigenvalue weighted by atomic mass is 9.98. The monoisotopic (exact) mass is 283 g/mol.